The Hall–Kier alpha value is -3.32. The lowest BCUT2D eigenvalue weighted by molar-refractivity contribution is -0.885. The minimum Gasteiger partial charge on any atom is -0.465 e. The number of methoxy groups -OCH3 is 1. The van der Waals surface area contributed by atoms with Crippen LogP contribution in [-0.4, -0.2) is 37.6 Å². The van der Waals surface area contributed by atoms with Crippen molar-refractivity contribution < 1.29 is 23.6 Å². The summed E-state index contributed by atoms with van der Waals surface area (Å²) in [5.74, 6) is -1.12. The largest absolute Gasteiger partial charge is 0.465 e. The Morgan fingerprint density at radius 2 is 1.93 bits per heavy atom. The van der Waals surface area contributed by atoms with Crippen LogP contribution in [0, 0.1) is 12.7 Å². The number of likely N-dealkylation sites (N-methyl/N-ethyl adjacent to an activating group) is 1. The van der Waals surface area contributed by atoms with E-state index >= 15 is 0 Å². The van der Waals surface area contributed by atoms with Crippen molar-refractivity contribution in [3.63, 3.8) is 0 Å². The van der Waals surface area contributed by atoms with Gasteiger partial charge in [-0.3, -0.25) is 4.79 Å². The van der Waals surface area contributed by atoms with Gasteiger partial charge in [0.2, 0.25) is 0 Å². The van der Waals surface area contributed by atoms with Gasteiger partial charge in [0.15, 0.2) is 6.54 Å². The Balaban J connectivity index is 1.81. The zero-order chi connectivity index (χ0) is 21.0. The second-order valence-corrected chi connectivity index (χ2v) is 6.94. The molecule has 0 radical (unpaired) electrons. The van der Waals surface area contributed by atoms with Crippen LogP contribution in [0.2, 0.25) is 0 Å². The van der Waals surface area contributed by atoms with Crippen LogP contribution in [0.4, 0.5) is 10.1 Å². The summed E-state index contributed by atoms with van der Waals surface area (Å²) in [4.78, 5) is 30.2. The maximum Gasteiger partial charge on any atom is 0.340 e. The van der Waals surface area contributed by atoms with Crippen molar-refractivity contribution in [2.75, 3.05) is 26.0 Å². The Bertz CT molecular complexity index is 1070. The molecule has 0 bridgehead atoms. The molecule has 0 saturated heterocycles. The first-order chi connectivity index (χ1) is 13.9. The van der Waals surface area contributed by atoms with E-state index in [0.29, 0.717) is 23.5 Å². The monoisotopic (exact) mass is 396 g/mol. The fraction of sp³-hybridized carbons (Fsp3) is 0.227. The lowest BCUT2D eigenvalue weighted by Gasteiger charge is -2.17. The summed E-state index contributed by atoms with van der Waals surface area (Å²) in [6.07, 6.45) is 0. The molecule has 1 unspecified atom stereocenters. The fourth-order valence-electron chi connectivity index (χ4n) is 3.34. The first-order valence-corrected chi connectivity index (χ1v) is 9.22. The topological polar surface area (TPSA) is 72.7 Å². The highest BCUT2D eigenvalue weighted by atomic mass is 19.1. The van der Waals surface area contributed by atoms with Crippen LogP contribution in [0.25, 0.3) is 10.9 Å². The molecule has 1 aromatic heterocycles. The van der Waals surface area contributed by atoms with Crippen molar-refractivity contribution in [1.29, 1.82) is 0 Å². The summed E-state index contributed by atoms with van der Waals surface area (Å²) in [5.41, 5.74) is 2.98. The SMILES string of the molecule is COC(=O)c1c(C[NH+](C)CC(=O)Nc2cccc(F)c2)nc2ccccc2c1C. The van der Waals surface area contributed by atoms with Crippen LogP contribution in [0.15, 0.2) is 48.5 Å². The lowest BCUT2D eigenvalue weighted by Crippen LogP contribution is -3.08. The highest BCUT2D eigenvalue weighted by Gasteiger charge is 2.22. The molecule has 2 aromatic carbocycles. The molecule has 6 nitrogen and oxygen atoms in total. The molecule has 29 heavy (non-hydrogen) atoms. The molecule has 0 aliphatic heterocycles. The van der Waals surface area contributed by atoms with Crippen molar-refractivity contribution in [3.05, 3.63) is 71.2 Å². The number of carbonyl (C=O) groups excluding carboxylic acids is 2. The van der Waals surface area contributed by atoms with Gasteiger partial charge >= 0.3 is 5.97 Å². The van der Waals surface area contributed by atoms with Crippen molar-refractivity contribution in [1.82, 2.24) is 4.98 Å². The average molecular weight is 396 g/mol. The number of nitrogens with zero attached hydrogens (tertiary/aromatic N) is 1. The summed E-state index contributed by atoms with van der Waals surface area (Å²) >= 11 is 0. The zero-order valence-electron chi connectivity index (χ0n) is 16.6. The Kier molecular flexibility index (Phi) is 6.19. The molecule has 2 N–H and O–H groups in total. The van der Waals surface area contributed by atoms with Gasteiger partial charge in [-0.15, -0.1) is 0 Å². The molecule has 1 heterocycles. The number of fused-ring (bicyclic) bond motifs is 1. The molecular formula is C22H23FN3O3+. The third kappa shape index (κ3) is 4.75. The van der Waals surface area contributed by atoms with Crippen LogP contribution < -0.4 is 10.2 Å². The number of hydrogen-bond donors (Lipinski definition) is 2. The predicted octanol–water partition coefficient (Wildman–Crippen LogP) is 2.12. The fourth-order valence-corrected chi connectivity index (χ4v) is 3.34. The van der Waals surface area contributed by atoms with Gasteiger partial charge < -0.3 is 15.0 Å². The highest BCUT2D eigenvalue weighted by Crippen LogP contribution is 2.23. The van der Waals surface area contributed by atoms with Gasteiger partial charge in [-0.2, -0.15) is 0 Å². The van der Waals surface area contributed by atoms with E-state index in [9.17, 15) is 14.0 Å². The summed E-state index contributed by atoms with van der Waals surface area (Å²) in [6.45, 7) is 2.35. The Labute approximate surface area is 168 Å². The number of para-hydroxylation sites is 1. The normalized spacial score (nSPS) is 11.9. The number of aromatic nitrogens is 1. The number of ether oxygens (including phenoxy) is 1. The Morgan fingerprint density at radius 1 is 1.17 bits per heavy atom. The minimum atomic E-state index is -0.451. The van der Waals surface area contributed by atoms with E-state index in [2.05, 4.69) is 10.3 Å². The molecule has 150 valence electrons. The van der Waals surface area contributed by atoms with Gasteiger partial charge in [-0.1, -0.05) is 24.3 Å². The average Bonchev–Trinajstić information content (AvgIpc) is 2.67. The third-order valence-corrected chi connectivity index (χ3v) is 4.66. The number of halogens is 1. The number of rotatable bonds is 6. The van der Waals surface area contributed by atoms with Gasteiger partial charge in [0, 0.05) is 11.1 Å². The lowest BCUT2D eigenvalue weighted by atomic mass is 10.0. The molecule has 1 atom stereocenters. The van der Waals surface area contributed by atoms with E-state index in [-0.39, 0.29) is 12.5 Å². The molecule has 0 aliphatic rings. The number of hydrogen-bond acceptors (Lipinski definition) is 4. The van der Waals surface area contributed by atoms with Crippen LogP contribution in [-0.2, 0) is 16.1 Å². The first kappa shape index (κ1) is 20.4. The number of amides is 1. The van der Waals surface area contributed by atoms with E-state index < -0.39 is 11.8 Å². The van der Waals surface area contributed by atoms with E-state index in [1.54, 1.807) is 6.07 Å². The maximum atomic E-state index is 13.3. The van der Waals surface area contributed by atoms with Crippen molar-refractivity contribution in [2.45, 2.75) is 13.5 Å². The second kappa shape index (κ2) is 8.79. The number of quaternary nitrogens is 1. The molecule has 0 spiro atoms. The number of esters is 1. The first-order valence-electron chi connectivity index (χ1n) is 9.22. The van der Waals surface area contributed by atoms with E-state index in [1.807, 2.05) is 38.2 Å². The van der Waals surface area contributed by atoms with Crippen LogP contribution in [0.3, 0.4) is 0 Å². The van der Waals surface area contributed by atoms with Crippen molar-refractivity contribution in [2.24, 2.45) is 0 Å². The van der Waals surface area contributed by atoms with Gasteiger partial charge in [0.05, 0.1) is 25.2 Å². The summed E-state index contributed by atoms with van der Waals surface area (Å²) in [7, 11) is 3.17. The number of carbonyl (C=O) groups is 2. The zero-order valence-corrected chi connectivity index (χ0v) is 16.6. The van der Waals surface area contributed by atoms with Crippen LogP contribution in [0.1, 0.15) is 21.6 Å². The van der Waals surface area contributed by atoms with E-state index in [0.717, 1.165) is 21.4 Å². The number of anilines is 1. The molecule has 0 fully saturated rings. The number of pyridine rings is 1. The molecule has 3 rings (SSSR count). The maximum absolute atomic E-state index is 13.3. The number of nitrogens with one attached hydrogen (secondary N) is 2. The molecule has 0 aliphatic carbocycles. The quantitative estimate of drug-likeness (QED) is 0.626. The number of aryl methyl sites for hydroxylation is 1. The second-order valence-electron chi connectivity index (χ2n) is 6.94. The van der Waals surface area contributed by atoms with Crippen LogP contribution in [0.5, 0.6) is 0 Å². The molecule has 0 saturated carbocycles. The smallest absolute Gasteiger partial charge is 0.340 e. The molecule has 7 heteroatoms. The van der Waals surface area contributed by atoms with Crippen molar-refractivity contribution >= 4 is 28.5 Å². The van der Waals surface area contributed by atoms with Gasteiger partial charge in [-0.05, 0) is 36.8 Å². The van der Waals surface area contributed by atoms with Gasteiger partial charge in [0.25, 0.3) is 5.91 Å². The third-order valence-electron chi connectivity index (χ3n) is 4.66. The van der Waals surface area contributed by atoms with Crippen LogP contribution >= 0.6 is 0 Å². The Morgan fingerprint density at radius 3 is 2.66 bits per heavy atom. The van der Waals surface area contributed by atoms with Gasteiger partial charge in [0.1, 0.15) is 18.1 Å². The molecular weight excluding hydrogens is 373 g/mol. The standard InChI is InChI=1S/C22H22FN3O3/c1-14-17-9-4-5-10-18(17)25-19(21(14)22(28)29-3)12-26(2)13-20(27)24-16-8-6-7-15(23)11-16/h4-11H,12-13H2,1-3H3,(H,24,27)/p+1. The van der Waals surface area contributed by atoms with E-state index in [1.165, 1.54) is 25.3 Å². The van der Waals surface area contributed by atoms with E-state index in [4.69, 9.17) is 4.74 Å². The van der Waals surface area contributed by atoms with Gasteiger partial charge in [-0.25, -0.2) is 14.2 Å². The molecule has 3 aromatic rings. The summed E-state index contributed by atoms with van der Waals surface area (Å²) in [6, 6.07) is 13.3. The van der Waals surface area contributed by atoms with Crippen molar-refractivity contribution in [3.8, 4) is 0 Å². The number of benzene rings is 2. The summed E-state index contributed by atoms with van der Waals surface area (Å²) < 4.78 is 18.2. The molecule has 1 amide bonds. The predicted molar refractivity (Wildman–Crippen MR) is 108 cm³/mol. The highest BCUT2D eigenvalue weighted by molar-refractivity contribution is 5.98. The minimum absolute atomic E-state index is 0.130. The summed E-state index contributed by atoms with van der Waals surface area (Å²) in [5, 5.41) is 3.56.